The van der Waals surface area contributed by atoms with Gasteiger partial charge >= 0.3 is 0 Å². The van der Waals surface area contributed by atoms with Crippen LogP contribution in [-0.2, 0) is 18.9 Å². The van der Waals surface area contributed by atoms with E-state index in [1.807, 2.05) is 0 Å². The van der Waals surface area contributed by atoms with Crippen LogP contribution in [0.1, 0.15) is 45.4 Å². The topological polar surface area (TPSA) is 179 Å². The van der Waals surface area contributed by atoms with E-state index in [2.05, 4.69) is 6.92 Å². The number of unbranched alkanes of at least 4 members (excludes halogenated alkanes) is 5. The second-order valence-electron chi connectivity index (χ2n) is 8.14. The second-order valence-corrected chi connectivity index (χ2v) is 8.14. The Morgan fingerprint density at radius 2 is 1.23 bits per heavy atom. The summed E-state index contributed by atoms with van der Waals surface area (Å²) in [6.45, 7) is 1.23. The number of hydrogen-bond donors (Lipinski definition) is 7. The van der Waals surface area contributed by atoms with Crippen molar-refractivity contribution in [3.63, 3.8) is 0 Å². The van der Waals surface area contributed by atoms with Gasteiger partial charge in [0.15, 0.2) is 12.6 Å². The van der Waals surface area contributed by atoms with E-state index in [-0.39, 0.29) is 0 Å². The fraction of sp³-hybridized carbons (Fsp3) is 1.00. The lowest BCUT2D eigenvalue weighted by Crippen LogP contribution is -2.64. The number of rotatable bonds is 12. The van der Waals surface area contributed by atoms with Crippen molar-refractivity contribution in [2.24, 2.45) is 0 Å². The van der Waals surface area contributed by atoms with Crippen LogP contribution in [0.15, 0.2) is 0 Å². The summed E-state index contributed by atoms with van der Waals surface area (Å²) in [6, 6.07) is 0. The molecule has 0 bridgehead atoms. The highest BCUT2D eigenvalue weighted by atomic mass is 16.7. The number of hydrogen-bond acceptors (Lipinski definition) is 11. The molecule has 0 saturated carbocycles. The first-order chi connectivity index (χ1) is 14.8. The van der Waals surface area contributed by atoms with Gasteiger partial charge in [-0.05, 0) is 6.42 Å². The molecule has 10 atom stereocenters. The number of aliphatic hydroxyl groups excluding tert-OH is 7. The molecule has 11 heteroatoms. The molecule has 0 spiro atoms. The van der Waals surface area contributed by atoms with E-state index in [1.165, 1.54) is 6.42 Å². The Balaban J connectivity index is 1.90. The molecule has 2 heterocycles. The van der Waals surface area contributed by atoms with Gasteiger partial charge in [-0.3, -0.25) is 0 Å². The van der Waals surface area contributed by atoms with Crippen LogP contribution in [-0.4, -0.2) is 117 Å². The molecule has 2 fully saturated rings. The summed E-state index contributed by atoms with van der Waals surface area (Å²) in [4.78, 5) is 0. The Labute approximate surface area is 182 Å². The minimum absolute atomic E-state index is 0.316. The molecule has 2 saturated heterocycles. The highest BCUT2D eigenvalue weighted by Gasteiger charge is 2.50. The van der Waals surface area contributed by atoms with Crippen LogP contribution in [0, 0.1) is 0 Å². The Morgan fingerprint density at radius 1 is 0.645 bits per heavy atom. The largest absolute Gasteiger partial charge is 0.394 e. The summed E-state index contributed by atoms with van der Waals surface area (Å²) in [7, 11) is 0. The molecule has 0 amide bonds. The SMILES string of the molecule is CCCCCCCCO[C@@H]1OC(CO)[C@@H](O[C@H]2OC(CO)[C@@H](O)[C@@H](O)C2O)[C@@H](O)C1O. The van der Waals surface area contributed by atoms with Crippen LogP contribution in [0.4, 0.5) is 0 Å². The van der Waals surface area contributed by atoms with Crippen molar-refractivity contribution in [1.29, 1.82) is 0 Å². The first-order valence-electron chi connectivity index (χ1n) is 11.1. The molecule has 7 N–H and O–H groups in total. The van der Waals surface area contributed by atoms with Gasteiger partial charge in [-0.2, -0.15) is 0 Å². The smallest absolute Gasteiger partial charge is 0.187 e. The van der Waals surface area contributed by atoms with Gasteiger partial charge in [-0.1, -0.05) is 39.0 Å². The van der Waals surface area contributed by atoms with Gasteiger partial charge in [-0.25, -0.2) is 0 Å². The molecule has 31 heavy (non-hydrogen) atoms. The van der Waals surface area contributed by atoms with Crippen molar-refractivity contribution >= 4 is 0 Å². The lowest BCUT2D eigenvalue weighted by atomic mass is 9.97. The predicted molar refractivity (Wildman–Crippen MR) is 106 cm³/mol. The molecule has 2 aliphatic rings. The van der Waals surface area contributed by atoms with Gasteiger partial charge in [0.25, 0.3) is 0 Å². The van der Waals surface area contributed by atoms with Gasteiger partial charge in [-0.15, -0.1) is 0 Å². The van der Waals surface area contributed by atoms with Gasteiger partial charge in [0, 0.05) is 6.61 Å². The van der Waals surface area contributed by atoms with E-state index in [1.54, 1.807) is 0 Å². The van der Waals surface area contributed by atoms with E-state index < -0.39 is 74.6 Å². The molecule has 2 aliphatic heterocycles. The molecule has 4 unspecified atom stereocenters. The Kier molecular flexibility index (Phi) is 11.5. The summed E-state index contributed by atoms with van der Waals surface area (Å²) in [5.41, 5.74) is 0. The Morgan fingerprint density at radius 3 is 1.87 bits per heavy atom. The third kappa shape index (κ3) is 7.02. The lowest BCUT2D eigenvalue weighted by molar-refractivity contribution is -0.359. The maximum absolute atomic E-state index is 10.5. The zero-order valence-corrected chi connectivity index (χ0v) is 17.9. The number of aliphatic hydroxyl groups is 7. The van der Waals surface area contributed by atoms with E-state index in [4.69, 9.17) is 18.9 Å². The van der Waals surface area contributed by atoms with Gasteiger partial charge in [0.2, 0.25) is 0 Å². The molecular weight excluding hydrogens is 416 g/mol. The van der Waals surface area contributed by atoms with Crippen molar-refractivity contribution in [3.8, 4) is 0 Å². The maximum atomic E-state index is 10.5. The normalized spacial score (nSPS) is 41.4. The standard InChI is InChI=1S/C20H38O11/c1-2-3-4-5-6-7-8-28-19-17(27)15(25)18(12(10-22)30-19)31-20-16(26)14(24)13(23)11(9-21)29-20/h11-27H,2-10H2,1H3/t11?,12?,13-,14-,15+,16?,17?,18-,19-,20-/m1/s1. The highest BCUT2D eigenvalue weighted by Crippen LogP contribution is 2.29. The molecule has 184 valence electrons. The van der Waals surface area contributed by atoms with Crippen molar-refractivity contribution in [3.05, 3.63) is 0 Å². The van der Waals surface area contributed by atoms with Crippen molar-refractivity contribution in [1.82, 2.24) is 0 Å². The monoisotopic (exact) mass is 454 g/mol. The summed E-state index contributed by atoms with van der Waals surface area (Å²) in [5.74, 6) is 0. The number of ether oxygens (including phenoxy) is 4. The van der Waals surface area contributed by atoms with Gasteiger partial charge in [0.05, 0.1) is 13.2 Å². The van der Waals surface area contributed by atoms with Crippen LogP contribution < -0.4 is 0 Å². The van der Waals surface area contributed by atoms with E-state index in [0.29, 0.717) is 6.61 Å². The molecular formula is C20H38O11. The molecule has 0 aromatic rings. The van der Waals surface area contributed by atoms with Crippen molar-refractivity contribution in [2.45, 2.75) is 107 Å². The minimum Gasteiger partial charge on any atom is -0.394 e. The van der Waals surface area contributed by atoms with Gasteiger partial charge in [0.1, 0.15) is 48.8 Å². The quantitative estimate of drug-likeness (QED) is 0.162. The summed E-state index contributed by atoms with van der Waals surface area (Å²) >= 11 is 0. The van der Waals surface area contributed by atoms with Crippen molar-refractivity contribution < 1.29 is 54.7 Å². The van der Waals surface area contributed by atoms with E-state index >= 15 is 0 Å². The summed E-state index contributed by atoms with van der Waals surface area (Å²) in [6.07, 6.45) is -7.98. The average molecular weight is 455 g/mol. The fourth-order valence-electron chi connectivity index (χ4n) is 3.77. The summed E-state index contributed by atoms with van der Waals surface area (Å²) in [5, 5.41) is 69.7. The van der Waals surface area contributed by atoms with Crippen molar-refractivity contribution in [2.75, 3.05) is 19.8 Å². The molecule has 0 aromatic carbocycles. The Hall–Kier alpha value is -0.440. The van der Waals surface area contributed by atoms with E-state index in [0.717, 1.165) is 32.1 Å². The van der Waals surface area contributed by atoms with Crippen LogP contribution >= 0.6 is 0 Å². The minimum atomic E-state index is -1.69. The third-order valence-corrected chi connectivity index (χ3v) is 5.74. The van der Waals surface area contributed by atoms with Crippen LogP contribution in [0.2, 0.25) is 0 Å². The molecule has 2 rings (SSSR count). The lowest BCUT2D eigenvalue weighted by Gasteiger charge is -2.45. The average Bonchev–Trinajstić information content (AvgIpc) is 2.77. The molecule has 0 aromatic heterocycles. The zero-order chi connectivity index (χ0) is 23.0. The third-order valence-electron chi connectivity index (χ3n) is 5.74. The highest BCUT2D eigenvalue weighted by molar-refractivity contribution is 4.94. The van der Waals surface area contributed by atoms with Crippen LogP contribution in [0.25, 0.3) is 0 Å². The van der Waals surface area contributed by atoms with Gasteiger partial charge < -0.3 is 54.7 Å². The van der Waals surface area contributed by atoms with Crippen LogP contribution in [0.3, 0.4) is 0 Å². The summed E-state index contributed by atoms with van der Waals surface area (Å²) < 4.78 is 21.9. The fourth-order valence-corrected chi connectivity index (χ4v) is 3.77. The zero-order valence-electron chi connectivity index (χ0n) is 17.9. The first-order valence-corrected chi connectivity index (χ1v) is 11.1. The second kappa shape index (κ2) is 13.3. The molecule has 0 radical (unpaired) electrons. The first kappa shape index (κ1) is 26.8. The van der Waals surface area contributed by atoms with E-state index in [9.17, 15) is 35.7 Å². The molecule has 0 aliphatic carbocycles. The molecule has 11 nitrogen and oxygen atoms in total. The Bertz CT molecular complexity index is 492. The van der Waals surface area contributed by atoms with Crippen LogP contribution in [0.5, 0.6) is 0 Å². The predicted octanol–water partition coefficient (Wildman–Crippen LogP) is -2.01. The maximum Gasteiger partial charge on any atom is 0.187 e.